The summed E-state index contributed by atoms with van der Waals surface area (Å²) in [5.41, 5.74) is -0.497. The quantitative estimate of drug-likeness (QED) is 0.491. The van der Waals surface area contributed by atoms with Crippen LogP contribution in [0.25, 0.3) is 6.08 Å². The first-order chi connectivity index (χ1) is 16.3. The van der Waals surface area contributed by atoms with E-state index in [4.69, 9.17) is 21.1 Å². The molecule has 34 heavy (non-hydrogen) atoms. The molecule has 2 amide bonds. The maximum Gasteiger partial charge on any atom is 0.246 e. The van der Waals surface area contributed by atoms with Gasteiger partial charge in [0.1, 0.15) is 17.2 Å². The topological polar surface area (TPSA) is 88.7 Å². The summed E-state index contributed by atoms with van der Waals surface area (Å²) >= 11 is 6.35. The lowest BCUT2D eigenvalue weighted by molar-refractivity contribution is -0.133. The highest BCUT2D eigenvalue weighted by Crippen LogP contribution is 2.37. The molecule has 0 saturated carbocycles. The van der Waals surface area contributed by atoms with Crippen molar-refractivity contribution >= 4 is 29.5 Å². The molecule has 0 atom stereocenters. The third-order valence-electron chi connectivity index (χ3n) is 5.64. The molecule has 10 heteroatoms. The molecule has 0 aromatic heterocycles. The van der Waals surface area contributed by atoms with Crippen LogP contribution < -0.4 is 25.4 Å². The summed E-state index contributed by atoms with van der Waals surface area (Å²) in [6.45, 7) is 0.904. The summed E-state index contributed by atoms with van der Waals surface area (Å²) in [7, 11) is 2.95. The van der Waals surface area contributed by atoms with Gasteiger partial charge in [-0.1, -0.05) is 17.7 Å². The van der Waals surface area contributed by atoms with E-state index in [1.807, 2.05) is 0 Å². The number of hydrogen-bond acceptors (Lipinski definition) is 5. The summed E-state index contributed by atoms with van der Waals surface area (Å²) in [5, 5.41) is 8.90. The summed E-state index contributed by atoms with van der Waals surface area (Å²) in [4.78, 5) is 25.8. The number of hydrogen-bond donors (Lipinski definition) is 3. The third kappa shape index (κ3) is 5.84. The van der Waals surface area contributed by atoms with Crippen LogP contribution >= 0.6 is 11.6 Å². The Bertz CT molecular complexity index is 1090. The molecule has 0 radical (unpaired) electrons. The highest BCUT2D eigenvalue weighted by atomic mass is 35.5. The lowest BCUT2D eigenvalue weighted by atomic mass is 9.87. The van der Waals surface area contributed by atoms with Gasteiger partial charge in [0.15, 0.2) is 11.5 Å². The van der Waals surface area contributed by atoms with Gasteiger partial charge in [0.2, 0.25) is 11.8 Å². The Morgan fingerprint density at radius 3 is 2.53 bits per heavy atom. The minimum Gasteiger partial charge on any atom is -0.493 e. The molecule has 1 aliphatic heterocycles. The number of methoxy groups -OCH3 is 2. The SMILES string of the molecule is COc1ccc(/C=C/C(=O)NC2(C(=O)NCc3ccc(F)cc3F)CCNCC2)c(Cl)c1OC. The highest BCUT2D eigenvalue weighted by Gasteiger charge is 2.40. The van der Waals surface area contributed by atoms with Crippen LogP contribution in [-0.4, -0.2) is 44.7 Å². The zero-order chi connectivity index (χ0) is 24.7. The minimum atomic E-state index is -1.18. The number of amides is 2. The Kier molecular flexibility index (Phi) is 8.46. The minimum absolute atomic E-state index is 0.132. The van der Waals surface area contributed by atoms with E-state index < -0.39 is 29.0 Å². The van der Waals surface area contributed by atoms with Gasteiger partial charge in [-0.15, -0.1) is 0 Å². The fraction of sp³-hybridized carbons (Fsp3) is 0.333. The van der Waals surface area contributed by atoms with E-state index in [1.165, 1.54) is 32.4 Å². The Balaban J connectivity index is 1.73. The molecule has 7 nitrogen and oxygen atoms in total. The Morgan fingerprint density at radius 2 is 1.88 bits per heavy atom. The molecule has 1 saturated heterocycles. The molecule has 1 heterocycles. The molecule has 2 aromatic rings. The zero-order valence-corrected chi connectivity index (χ0v) is 19.6. The molecule has 0 aliphatic carbocycles. The molecule has 2 aromatic carbocycles. The van der Waals surface area contributed by atoms with E-state index in [2.05, 4.69) is 16.0 Å². The van der Waals surface area contributed by atoms with Crippen LogP contribution in [0.4, 0.5) is 8.78 Å². The van der Waals surface area contributed by atoms with Crippen LogP contribution in [0.15, 0.2) is 36.4 Å². The van der Waals surface area contributed by atoms with Gasteiger partial charge in [-0.05, 0) is 55.8 Å². The lowest BCUT2D eigenvalue weighted by Crippen LogP contribution is -2.62. The molecule has 1 aliphatic rings. The number of nitrogens with one attached hydrogen (secondary N) is 3. The average Bonchev–Trinajstić information content (AvgIpc) is 2.82. The monoisotopic (exact) mass is 493 g/mol. The second-order valence-electron chi connectivity index (χ2n) is 7.78. The van der Waals surface area contributed by atoms with Crippen LogP contribution in [0, 0.1) is 11.6 Å². The standard InChI is InChI=1S/C24H26ClF2N3O4/c1-33-19-7-4-15(21(25)22(19)34-2)5-8-20(31)30-24(9-11-28-12-10-24)23(32)29-14-16-3-6-17(26)13-18(16)27/h3-8,13,28H,9-12,14H2,1-2H3,(H,29,32)(H,30,31)/b8-5+. The van der Waals surface area contributed by atoms with Gasteiger partial charge in [-0.3, -0.25) is 9.59 Å². The van der Waals surface area contributed by atoms with Gasteiger partial charge in [-0.25, -0.2) is 8.78 Å². The fourth-order valence-electron chi connectivity index (χ4n) is 3.75. The Hall–Kier alpha value is -3.17. The van der Waals surface area contributed by atoms with E-state index in [9.17, 15) is 18.4 Å². The van der Waals surface area contributed by atoms with Crippen molar-refractivity contribution < 1.29 is 27.8 Å². The smallest absolute Gasteiger partial charge is 0.246 e. The second kappa shape index (κ2) is 11.3. The van der Waals surface area contributed by atoms with Gasteiger partial charge >= 0.3 is 0 Å². The predicted molar refractivity (Wildman–Crippen MR) is 125 cm³/mol. The zero-order valence-electron chi connectivity index (χ0n) is 18.8. The molecule has 0 bridgehead atoms. The van der Waals surface area contributed by atoms with Crippen molar-refractivity contribution in [2.45, 2.75) is 24.9 Å². The van der Waals surface area contributed by atoms with Crippen LogP contribution in [-0.2, 0) is 16.1 Å². The van der Waals surface area contributed by atoms with Crippen molar-refractivity contribution in [3.8, 4) is 11.5 Å². The largest absolute Gasteiger partial charge is 0.493 e. The summed E-state index contributed by atoms with van der Waals surface area (Å²) < 4.78 is 37.5. The van der Waals surface area contributed by atoms with Crippen molar-refractivity contribution in [3.63, 3.8) is 0 Å². The number of carbonyl (C=O) groups is 2. The number of halogens is 3. The van der Waals surface area contributed by atoms with Crippen molar-refractivity contribution in [2.24, 2.45) is 0 Å². The van der Waals surface area contributed by atoms with Gasteiger partial charge in [0, 0.05) is 24.3 Å². The van der Waals surface area contributed by atoms with Gasteiger partial charge in [-0.2, -0.15) is 0 Å². The van der Waals surface area contributed by atoms with E-state index in [0.29, 0.717) is 43.0 Å². The molecular formula is C24H26ClF2N3O4. The van der Waals surface area contributed by atoms with Crippen molar-refractivity contribution in [3.05, 3.63) is 64.2 Å². The van der Waals surface area contributed by atoms with Crippen LogP contribution in [0.2, 0.25) is 5.02 Å². The number of carbonyl (C=O) groups excluding carboxylic acids is 2. The van der Waals surface area contributed by atoms with Gasteiger partial charge in [0.25, 0.3) is 0 Å². The van der Waals surface area contributed by atoms with Crippen LogP contribution in [0.5, 0.6) is 11.5 Å². The first-order valence-electron chi connectivity index (χ1n) is 10.6. The molecular weight excluding hydrogens is 468 g/mol. The number of ether oxygens (including phenoxy) is 2. The van der Waals surface area contributed by atoms with E-state index >= 15 is 0 Å². The molecule has 3 N–H and O–H groups in total. The molecule has 0 unspecified atom stereocenters. The first kappa shape index (κ1) is 25.5. The predicted octanol–water partition coefficient (Wildman–Crippen LogP) is 3.20. The van der Waals surface area contributed by atoms with Gasteiger partial charge < -0.3 is 25.4 Å². The second-order valence-corrected chi connectivity index (χ2v) is 8.16. The third-order valence-corrected chi connectivity index (χ3v) is 6.03. The summed E-state index contributed by atoms with van der Waals surface area (Å²) in [5.74, 6) is -1.58. The number of rotatable bonds is 8. The summed E-state index contributed by atoms with van der Waals surface area (Å²) in [6.07, 6.45) is 3.49. The first-order valence-corrected chi connectivity index (χ1v) is 11.0. The average molecular weight is 494 g/mol. The van der Waals surface area contributed by atoms with Crippen LogP contribution in [0.3, 0.4) is 0 Å². The molecule has 0 spiro atoms. The maximum absolute atomic E-state index is 13.9. The Morgan fingerprint density at radius 1 is 1.15 bits per heavy atom. The van der Waals surface area contributed by atoms with Crippen molar-refractivity contribution in [1.82, 2.24) is 16.0 Å². The molecule has 182 valence electrons. The van der Waals surface area contributed by atoms with Crippen LogP contribution in [0.1, 0.15) is 24.0 Å². The van der Waals surface area contributed by atoms with E-state index in [-0.39, 0.29) is 17.1 Å². The van der Waals surface area contributed by atoms with Gasteiger partial charge in [0.05, 0.1) is 19.2 Å². The highest BCUT2D eigenvalue weighted by molar-refractivity contribution is 6.33. The van der Waals surface area contributed by atoms with Crippen molar-refractivity contribution in [2.75, 3.05) is 27.3 Å². The van der Waals surface area contributed by atoms with E-state index in [0.717, 1.165) is 12.1 Å². The van der Waals surface area contributed by atoms with E-state index in [1.54, 1.807) is 12.1 Å². The maximum atomic E-state index is 13.9. The number of benzene rings is 2. The normalized spacial score (nSPS) is 15.1. The lowest BCUT2D eigenvalue weighted by Gasteiger charge is -2.36. The number of piperidine rings is 1. The molecule has 1 fully saturated rings. The molecule has 3 rings (SSSR count). The Labute approximate surface area is 201 Å². The fourth-order valence-corrected chi connectivity index (χ4v) is 4.04. The summed E-state index contributed by atoms with van der Waals surface area (Å²) in [6, 6.07) is 6.49. The van der Waals surface area contributed by atoms with Crippen molar-refractivity contribution in [1.29, 1.82) is 0 Å².